The second kappa shape index (κ2) is 7.93. The molecule has 2 saturated heterocycles. The SMILES string of the molecule is CN1CCCN(C(=O)c2ccc(C[C@@H]3CCCNC3)cc2)CC1. The first kappa shape index (κ1) is 16.5. The Hall–Kier alpha value is -1.39. The fourth-order valence-corrected chi connectivity index (χ4v) is 3.65. The zero-order valence-corrected chi connectivity index (χ0v) is 14.3. The van der Waals surface area contributed by atoms with E-state index >= 15 is 0 Å². The summed E-state index contributed by atoms with van der Waals surface area (Å²) in [5.41, 5.74) is 2.19. The van der Waals surface area contributed by atoms with Gasteiger partial charge in [-0.2, -0.15) is 0 Å². The molecule has 1 amide bonds. The lowest BCUT2D eigenvalue weighted by atomic mass is 9.92. The molecule has 2 aliphatic rings. The van der Waals surface area contributed by atoms with Gasteiger partial charge < -0.3 is 15.1 Å². The van der Waals surface area contributed by atoms with Crippen LogP contribution in [-0.2, 0) is 6.42 Å². The Bertz CT molecular complexity index is 508. The van der Waals surface area contributed by atoms with Crippen LogP contribution >= 0.6 is 0 Å². The zero-order chi connectivity index (χ0) is 16.1. The van der Waals surface area contributed by atoms with E-state index in [-0.39, 0.29) is 5.91 Å². The van der Waals surface area contributed by atoms with Crippen LogP contribution in [0.25, 0.3) is 0 Å². The Morgan fingerprint density at radius 2 is 1.96 bits per heavy atom. The van der Waals surface area contributed by atoms with Gasteiger partial charge in [0.05, 0.1) is 0 Å². The summed E-state index contributed by atoms with van der Waals surface area (Å²) in [5, 5.41) is 3.47. The second-order valence-corrected chi connectivity index (χ2v) is 7.06. The highest BCUT2D eigenvalue weighted by atomic mass is 16.2. The van der Waals surface area contributed by atoms with E-state index in [0.29, 0.717) is 0 Å². The van der Waals surface area contributed by atoms with Gasteiger partial charge in [0.15, 0.2) is 0 Å². The van der Waals surface area contributed by atoms with Crippen LogP contribution < -0.4 is 5.32 Å². The molecule has 0 saturated carbocycles. The third-order valence-electron chi connectivity index (χ3n) is 5.13. The average Bonchev–Trinajstić information content (AvgIpc) is 2.80. The molecule has 126 valence electrons. The number of benzene rings is 1. The van der Waals surface area contributed by atoms with Gasteiger partial charge in [-0.3, -0.25) is 4.79 Å². The molecule has 1 atom stereocenters. The average molecular weight is 315 g/mol. The molecule has 0 bridgehead atoms. The molecule has 3 rings (SSSR count). The topological polar surface area (TPSA) is 35.6 Å². The van der Waals surface area contributed by atoms with E-state index in [1.54, 1.807) is 0 Å². The maximum Gasteiger partial charge on any atom is 0.253 e. The molecular formula is C19H29N3O. The van der Waals surface area contributed by atoms with E-state index in [9.17, 15) is 4.79 Å². The van der Waals surface area contributed by atoms with Gasteiger partial charge >= 0.3 is 0 Å². The Labute approximate surface area is 139 Å². The minimum absolute atomic E-state index is 0.186. The van der Waals surface area contributed by atoms with Crippen LogP contribution in [0.3, 0.4) is 0 Å². The number of carbonyl (C=O) groups is 1. The molecule has 1 aromatic rings. The van der Waals surface area contributed by atoms with Gasteiger partial charge in [-0.1, -0.05) is 12.1 Å². The molecule has 1 aromatic carbocycles. The smallest absolute Gasteiger partial charge is 0.253 e. The molecule has 0 radical (unpaired) electrons. The number of likely N-dealkylation sites (N-methyl/N-ethyl adjacent to an activating group) is 1. The predicted octanol–water partition coefficient (Wildman–Crippen LogP) is 2.01. The number of carbonyl (C=O) groups excluding carboxylic acids is 1. The molecule has 0 aromatic heterocycles. The predicted molar refractivity (Wildman–Crippen MR) is 93.8 cm³/mol. The number of rotatable bonds is 3. The molecule has 4 heteroatoms. The Morgan fingerprint density at radius 1 is 1.13 bits per heavy atom. The summed E-state index contributed by atoms with van der Waals surface area (Å²) in [6.07, 6.45) is 4.78. The van der Waals surface area contributed by atoms with Crippen LogP contribution in [0.1, 0.15) is 35.2 Å². The highest BCUT2D eigenvalue weighted by Crippen LogP contribution is 2.17. The molecule has 0 spiro atoms. The summed E-state index contributed by atoms with van der Waals surface area (Å²) in [6.45, 7) is 6.05. The zero-order valence-electron chi connectivity index (χ0n) is 14.3. The molecule has 4 nitrogen and oxygen atoms in total. The van der Waals surface area contributed by atoms with Crippen LogP contribution in [0, 0.1) is 5.92 Å². The molecule has 2 fully saturated rings. The van der Waals surface area contributed by atoms with Crippen molar-refractivity contribution >= 4 is 5.91 Å². The highest BCUT2D eigenvalue weighted by Gasteiger charge is 2.19. The van der Waals surface area contributed by atoms with E-state index in [2.05, 4.69) is 29.4 Å². The van der Waals surface area contributed by atoms with Gasteiger partial charge in [0.1, 0.15) is 0 Å². The molecule has 0 unspecified atom stereocenters. The summed E-state index contributed by atoms with van der Waals surface area (Å²) in [5.74, 6) is 0.928. The fraction of sp³-hybridized carbons (Fsp3) is 0.632. The minimum atomic E-state index is 0.186. The molecule has 2 heterocycles. The van der Waals surface area contributed by atoms with Crippen molar-refractivity contribution in [2.24, 2.45) is 5.92 Å². The van der Waals surface area contributed by atoms with E-state index in [1.807, 2.05) is 17.0 Å². The van der Waals surface area contributed by atoms with Crippen molar-refractivity contribution in [2.75, 3.05) is 46.3 Å². The van der Waals surface area contributed by atoms with Gasteiger partial charge in [0.2, 0.25) is 0 Å². The minimum Gasteiger partial charge on any atom is -0.337 e. The van der Waals surface area contributed by atoms with Crippen molar-refractivity contribution in [3.05, 3.63) is 35.4 Å². The normalized spacial score (nSPS) is 23.5. The summed E-state index contributed by atoms with van der Waals surface area (Å²) < 4.78 is 0. The number of amides is 1. The van der Waals surface area contributed by atoms with E-state index in [1.165, 1.54) is 18.4 Å². The molecule has 1 N–H and O–H groups in total. The van der Waals surface area contributed by atoms with Crippen LogP contribution in [-0.4, -0.2) is 62.0 Å². The van der Waals surface area contributed by atoms with Crippen LogP contribution in [0.2, 0.25) is 0 Å². The largest absolute Gasteiger partial charge is 0.337 e. The maximum absolute atomic E-state index is 12.7. The molecule has 23 heavy (non-hydrogen) atoms. The summed E-state index contributed by atoms with van der Waals surface area (Å²) in [4.78, 5) is 17.0. The second-order valence-electron chi connectivity index (χ2n) is 7.06. The summed E-state index contributed by atoms with van der Waals surface area (Å²) in [6, 6.07) is 8.32. The molecule has 2 aliphatic heterocycles. The van der Waals surface area contributed by atoms with Gasteiger partial charge in [-0.25, -0.2) is 0 Å². The molecule has 0 aliphatic carbocycles. The third kappa shape index (κ3) is 4.55. The lowest BCUT2D eigenvalue weighted by Crippen LogP contribution is -2.34. The Kier molecular flexibility index (Phi) is 5.68. The van der Waals surface area contributed by atoms with Crippen LogP contribution in [0.5, 0.6) is 0 Å². The number of nitrogens with zero attached hydrogens (tertiary/aromatic N) is 2. The van der Waals surface area contributed by atoms with Gasteiger partial charge in [-0.05, 0) is 76.0 Å². The number of hydrogen-bond donors (Lipinski definition) is 1. The van der Waals surface area contributed by atoms with Crippen LogP contribution in [0.4, 0.5) is 0 Å². The van der Waals surface area contributed by atoms with Crippen molar-refractivity contribution in [2.45, 2.75) is 25.7 Å². The van der Waals surface area contributed by atoms with Crippen molar-refractivity contribution < 1.29 is 4.79 Å². The van der Waals surface area contributed by atoms with E-state index < -0.39 is 0 Å². The number of nitrogens with one attached hydrogen (secondary N) is 1. The lowest BCUT2D eigenvalue weighted by Gasteiger charge is -2.23. The van der Waals surface area contributed by atoms with E-state index in [0.717, 1.165) is 63.6 Å². The number of piperidine rings is 1. The fourth-order valence-electron chi connectivity index (χ4n) is 3.65. The quantitative estimate of drug-likeness (QED) is 0.927. The highest BCUT2D eigenvalue weighted by molar-refractivity contribution is 5.94. The van der Waals surface area contributed by atoms with Gasteiger partial charge in [0, 0.05) is 25.2 Å². The Balaban J connectivity index is 1.58. The lowest BCUT2D eigenvalue weighted by molar-refractivity contribution is 0.0763. The maximum atomic E-state index is 12.7. The summed E-state index contributed by atoms with van der Waals surface area (Å²) >= 11 is 0. The monoisotopic (exact) mass is 315 g/mol. The van der Waals surface area contributed by atoms with Gasteiger partial charge in [0.25, 0.3) is 5.91 Å². The van der Waals surface area contributed by atoms with Crippen molar-refractivity contribution in [3.8, 4) is 0 Å². The first-order chi connectivity index (χ1) is 11.2. The van der Waals surface area contributed by atoms with Gasteiger partial charge in [-0.15, -0.1) is 0 Å². The standard InChI is InChI=1S/C19H29N3O/c1-21-10-3-11-22(13-12-21)19(23)18-7-5-16(6-8-18)14-17-4-2-9-20-15-17/h5-8,17,20H,2-4,9-15H2,1H3/t17-/m0/s1. The van der Waals surface area contributed by atoms with Crippen molar-refractivity contribution in [3.63, 3.8) is 0 Å². The van der Waals surface area contributed by atoms with Crippen molar-refractivity contribution in [1.29, 1.82) is 0 Å². The van der Waals surface area contributed by atoms with Crippen LogP contribution in [0.15, 0.2) is 24.3 Å². The first-order valence-corrected chi connectivity index (χ1v) is 9.00. The first-order valence-electron chi connectivity index (χ1n) is 9.00. The van der Waals surface area contributed by atoms with E-state index in [4.69, 9.17) is 0 Å². The summed E-state index contributed by atoms with van der Waals surface area (Å²) in [7, 11) is 2.13. The Morgan fingerprint density at radius 3 is 2.70 bits per heavy atom. The van der Waals surface area contributed by atoms with Crippen molar-refractivity contribution in [1.82, 2.24) is 15.1 Å². The third-order valence-corrected chi connectivity index (χ3v) is 5.13. The number of hydrogen-bond acceptors (Lipinski definition) is 3. The molecular weight excluding hydrogens is 286 g/mol.